The minimum atomic E-state index is -0.886. The van der Waals surface area contributed by atoms with Crippen LogP contribution in [0.15, 0.2) is 41.2 Å². The van der Waals surface area contributed by atoms with Crippen LogP contribution in [-0.2, 0) is 16.1 Å². The van der Waals surface area contributed by atoms with Gasteiger partial charge in [0.25, 0.3) is 17.2 Å². The van der Waals surface area contributed by atoms with Gasteiger partial charge in [-0.25, -0.2) is 9.48 Å². The third-order valence-electron chi connectivity index (χ3n) is 4.78. The number of amides is 1. The highest BCUT2D eigenvalue weighted by atomic mass is 16.6. The predicted molar refractivity (Wildman–Crippen MR) is 113 cm³/mol. The van der Waals surface area contributed by atoms with Gasteiger partial charge in [0.05, 0.1) is 10.3 Å². The van der Waals surface area contributed by atoms with Crippen LogP contribution < -0.4 is 10.9 Å². The largest absolute Gasteiger partial charge is 0.451 e. The fourth-order valence-corrected chi connectivity index (χ4v) is 3.04. The fraction of sp³-hybridized carbons (Fsp3) is 0.238. The van der Waals surface area contributed by atoms with Crippen LogP contribution in [-0.4, -0.2) is 33.2 Å². The topological polar surface area (TPSA) is 133 Å². The van der Waals surface area contributed by atoms with Crippen molar-refractivity contribution in [2.75, 3.05) is 11.9 Å². The Bertz CT molecular complexity index is 1260. The van der Waals surface area contributed by atoms with E-state index >= 15 is 0 Å². The van der Waals surface area contributed by atoms with E-state index in [1.165, 1.54) is 12.1 Å². The summed E-state index contributed by atoms with van der Waals surface area (Å²) in [4.78, 5) is 47.9. The molecule has 1 amide bonds. The van der Waals surface area contributed by atoms with Gasteiger partial charge in [-0.2, -0.15) is 5.10 Å². The van der Waals surface area contributed by atoms with Gasteiger partial charge >= 0.3 is 5.97 Å². The van der Waals surface area contributed by atoms with E-state index in [1.54, 1.807) is 45.0 Å². The van der Waals surface area contributed by atoms with E-state index in [2.05, 4.69) is 10.4 Å². The predicted octanol–water partition coefficient (Wildman–Crippen LogP) is 2.74. The maximum atomic E-state index is 12.6. The summed E-state index contributed by atoms with van der Waals surface area (Å²) < 4.78 is 6.20. The van der Waals surface area contributed by atoms with Gasteiger partial charge in [0.1, 0.15) is 5.69 Å². The SMILES string of the molecule is CCn1nc(C(=O)OCC(=O)Nc2cc(C)c(C)cc2[N+](=O)[O-])c2ccccc2c1=O. The van der Waals surface area contributed by atoms with Crippen LogP contribution in [0, 0.1) is 24.0 Å². The molecule has 3 aromatic rings. The summed E-state index contributed by atoms with van der Waals surface area (Å²) in [6.45, 7) is 4.77. The molecule has 3 rings (SSSR count). The van der Waals surface area contributed by atoms with Crippen molar-refractivity contribution in [2.45, 2.75) is 27.3 Å². The lowest BCUT2D eigenvalue weighted by Gasteiger charge is -2.11. The maximum absolute atomic E-state index is 12.6. The van der Waals surface area contributed by atoms with E-state index in [-0.39, 0.29) is 29.2 Å². The molecule has 1 N–H and O–H groups in total. The number of nitrogens with zero attached hydrogens (tertiary/aromatic N) is 3. The lowest BCUT2D eigenvalue weighted by atomic mass is 10.1. The summed E-state index contributed by atoms with van der Waals surface area (Å²) in [5.74, 6) is -1.63. The van der Waals surface area contributed by atoms with Gasteiger partial charge in [0, 0.05) is 18.0 Å². The Kier molecular flexibility index (Phi) is 6.10. The van der Waals surface area contributed by atoms with Gasteiger partial charge < -0.3 is 10.1 Å². The molecule has 0 radical (unpaired) electrons. The first kappa shape index (κ1) is 21.6. The van der Waals surface area contributed by atoms with Gasteiger partial charge in [0.15, 0.2) is 12.3 Å². The number of anilines is 1. The fourth-order valence-electron chi connectivity index (χ4n) is 3.04. The second kappa shape index (κ2) is 8.74. The Morgan fingerprint density at radius 1 is 1.16 bits per heavy atom. The highest BCUT2D eigenvalue weighted by Gasteiger charge is 2.21. The molecule has 1 aromatic heterocycles. The number of hydrogen-bond donors (Lipinski definition) is 1. The molecule has 10 nitrogen and oxygen atoms in total. The number of fused-ring (bicyclic) bond motifs is 1. The quantitative estimate of drug-likeness (QED) is 0.365. The summed E-state index contributed by atoms with van der Waals surface area (Å²) in [6, 6.07) is 9.32. The van der Waals surface area contributed by atoms with E-state index in [0.29, 0.717) is 16.3 Å². The minimum absolute atomic E-state index is 0.0113. The Balaban J connectivity index is 1.80. The van der Waals surface area contributed by atoms with E-state index < -0.39 is 23.4 Å². The molecule has 0 aliphatic carbocycles. The second-order valence-corrected chi connectivity index (χ2v) is 6.85. The van der Waals surface area contributed by atoms with Gasteiger partial charge in [-0.15, -0.1) is 0 Å². The molecule has 0 spiro atoms. The Labute approximate surface area is 176 Å². The highest BCUT2D eigenvalue weighted by molar-refractivity contribution is 6.03. The van der Waals surface area contributed by atoms with Crippen molar-refractivity contribution < 1.29 is 19.2 Å². The normalized spacial score (nSPS) is 10.7. The Morgan fingerprint density at radius 3 is 2.45 bits per heavy atom. The number of hydrogen-bond acceptors (Lipinski definition) is 7. The monoisotopic (exact) mass is 424 g/mol. The molecule has 0 saturated heterocycles. The molecule has 0 fully saturated rings. The number of aromatic nitrogens is 2. The zero-order valence-electron chi connectivity index (χ0n) is 17.2. The first-order chi connectivity index (χ1) is 14.7. The minimum Gasteiger partial charge on any atom is -0.451 e. The molecule has 2 aromatic carbocycles. The molecule has 1 heterocycles. The summed E-state index contributed by atoms with van der Waals surface area (Å²) >= 11 is 0. The number of nitro benzene ring substituents is 1. The maximum Gasteiger partial charge on any atom is 0.359 e. The number of carbonyl (C=O) groups excluding carboxylic acids is 2. The van der Waals surface area contributed by atoms with Crippen LogP contribution in [0.2, 0.25) is 0 Å². The molecular weight excluding hydrogens is 404 g/mol. The van der Waals surface area contributed by atoms with Crippen LogP contribution in [0.4, 0.5) is 11.4 Å². The molecule has 31 heavy (non-hydrogen) atoms. The van der Waals surface area contributed by atoms with Crippen LogP contribution in [0.5, 0.6) is 0 Å². The van der Waals surface area contributed by atoms with E-state index in [9.17, 15) is 24.5 Å². The van der Waals surface area contributed by atoms with Crippen molar-refractivity contribution in [1.29, 1.82) is 0 Å². The molecule has 0 aliphatic rings. The van der Waals surface area contributed by atoms with Crippen molar-refractivity contribution in [3.63, 3.8) is 0 Å². The number of aryl methyl sites for hydroxylation is 3. The Hall–Kier alpha value is -4.08. The zero-order chi connectivity index (χ0) is 22.7. The molecule has 0 saturated carbocycles. The molecule has 0 aliphatic heterocycles. The van der Waals surface area contributed by atoms with Crippen LogP contribution in [0.25, 0.3) is 10.8 Å². The molecular formula is C21H20N4O6. The summed E-state index contributed by atoms with van der Waals surface area (Å²) in [6.07, 6.45) is 0. The first-order valence-corrected chi connectivity index (χ1v) is 9.45. The summed E-state index contributed by atoms with van der Waals surface area (Å²) in [5.41, 5.74) is 0.787. The molecule has 160 valence electrons. The molecule has 0 atom stereocenters. The average Bonchev–Trinajstić information content (AvgIpc) is 2.74. The number of benzene rings is 2. The highest BCUT2D eigenvalue weighted by Crippen LogP contribution is 2.27. The zero-order valence-corrected chi connectivity index (χ0v) is 17.2. The van der Waals surface area contributed by atoms with Gasteiger partial charge in [-0.05, 0) is 44.0 Å². The van der Waals surface area contributed by atoms with Gasteiger partial charge in [0.2, 0.25) is 0 Å². The van der Waals surface area contributed by atoms with Crippen LogP contribution in [0.3, 0.4) is 0 Å². The first-order valence-electron chi connectivity index (χ1n) is 9.45. The van der Waals surface area contributed by atoms with E-state index in [4.69, 9.17) is 4.74 Å². The average molecular weight is 424 g/mol. The number of carbonyl (C=O) groups is 2. The van der Waals surface area contributed by atoms with Crippen molar-refractivity contribution in [3.05, 3.63) is 73.7 Å². The smallest absolute Gasteiger partial charge is 0.359 e. The van der Waals surface area contributed by atoms with Crippen molar-refractivity contribution in [2.24, 2.45) is 0 Å². The van der Waals surface area contributed by atoms with Crippen molar-refractivity contribution in [1.82, 2.24) is 9.78 Å². The standard InChI is InChI=1S/C21H20N4O6/c1-4-24-20(27)15-8-6-5-7-14(15)19(23-24)21(28)31-11-18(26)22-16-9-12(2)13(3)10-17(16)25(29)30/h5-10H,4,11H2,1-3H3,(H,22,26). The third-order valence-corrected chi connectivity index (χ3v) is 4.78. The van der Waals surface area contributed by atoms with E-state index in [0.717, 1.165) is 10.2 Å². The van der Waals surface area contributed by atoms with E-state index in [1.807, 2.05) is 0 Å². The summed E-state index contributed by atoms with van der Waals surface area (Å²) in [7, 11) is 0. The number of ether oxygens (including phenoxy) is 1. The number of nitro groups is 1. The lowest BCUT2D eigenvalue weighted by Crippen LogP contribution is -2.27. The molecule has 0 bridgehead atoms. The number of rotatable bonds is 6. The Morgan fingerprint density at radius 2 is 1.81 bits per heavy atom. The number of nitrogens with one attached hydrogen (secondary N) is 1. The van der Waals surface area contributed by atoms with Crippen molar-refractivity contribution in [3.8, 4) is 0 Å². The van der Waals surface area contributed by atoms with Gasteiger partial charge in [-0.3, -0.25) is 19.7 Å². The lowest BCUT2D eigenvalue weighted by molar-refractivity contribution is -0.384. The molecule has 10 heteroatoms. The van der Waals surface area contributed by atoms with Gasteiger partial charge in [-0.1, -0.05) is 18.2 Å². The number of esters is 1. The van der Waals surface area contributed by atoms with Crippen LogP contribution in [0.1, 0.15) is 28.5 Å². The summed E-state index contributed by atoms with van der Waals surface area (Å²) in [5, 5.41) is 18.3. The molecule has 0 unspecified atom stereocenters. The second-order valence-electron chi connectivity index (χ2n) is 6.85. The van der Waals surface area contributed by atoms with Crippen LogP contribution >= 0.6 is 0 Å². The third kappa shape index (κ3) is 4.42. The van der Waals surface area contributed by atoms with Crippen molar-refractivity contribution >= 4 is 34.0 Å².